The van der Waals surface area contributed by atoms with Gasteiger partial charge in [0.15, 0.2) is 6.61 Å². The molecule has 1 aromatic rings. The fourth-order valence-electron chi connectivity index (χ4n) is 3.15. The van der Waals surface area contributed by atoms with Crippen molar-refractivity contribution in [3.05, 3.63) is 18.0 Å². The van der Waals surface area contributed by atoms with Crippen molar-refractivity contribution >= 4 is 24.2 Å². The monoisotopic (exact) mass is 417 g/mol. The van der Waals surface area contributed by atoms with Gasteiger partial charge in [0.25, 0.3) is 5.91 Å². The molecule has 162 valence electrons. The first kappa shape index (κ1) is 22.9. The van der Waals surface area contributed by atoms with Crippen molar-refractivity contribution in [2.24, 2.45) is 5.16 Å². The molecule has 1 atom stereocenters. The highest BCUT2D eigenvalue weighted by molar-refractivity contribution is 5.78. The SMILES string of the molecule is CC(C=NOCC(=O)N1CCN(c2ncc(C#N)cn2)CC1)N(C(=O)O)C(C)(C)C. The van der Waals surface area contributed by atoms with E-state index in [-0.39, 0.29) is 12.5 Å². The summed E-state index contributed by atoms with van der Waals surface area (Å²) in [5.41, 5.74) is -0.195. The molecule has 1 saturated heterocycles. The van der Waals surface area contributed by atoms with Gasteiger partial charge in [-0.3, -0.25) is 9.69 Å². The molecule has 1 aliphatic heterocycles. The molecular formula is C19H27N7O4. The number of carbonyl (C=O) groups excluding carboxylic acids is 1. The molecule has 2 heterocycles. The molecular weight excluding hydrogens is 390 g/mol. The summed E-state index contributed by atoms with van der Waals surface area (Å²) in [5, 5.41) is 21.9. The fraction of sp³-hybridized carbons (Fsp3) is 0.579. The molecule has 1 fully saturated rings. The van der Waals surface area contributed by atoms with Crippen molar-refractivity contribution < 1.29 is 19.5 Å². The zero-order valence-corrected chi connectivity index (χ0v) is 17.6. The minimum Gasteiger partial charge on any atom is -0.465 e. The van der Waals surface area contributed by atoms with E-state index in [2.05, 4.69) is 15.1 Å². The average Bonchev–Trinajstić information content (AvgIpc) is 2.70. The number of piperazine rings is 1. The summed E-state index contributed by atoms with van der Waals surface area (Å²) in [6, 6.07) is 1.47. The summed E-state index contributed by atoms with van der Waals surface area (Å²) in [6.45, 7) is 8.95. The smallest absolute Gasteiger partial charge is 0.408 e. The molecule has 0 aliphatic carbocycles. The van der Waals surface area contributed by atoms with Gasteiger partial charge in [-0.25, -0.2) is 14.8 Å². The van der Waals surface area contributed by atoms with Gasteiger partial charge in [-0.05, 0) is 27.7 Å². The van der Waals surface area contributed by atoms with E-state index in [0.29, 0.717) is 37.7 Å². The maximum absolute atomic E-state index is 12.3. The minimum atomic E-state index is -1.05. The molecule has 1 unspecified atom stereocenters. The zero-order valence-electron chi connectivity index (χ0n) is 17.6. The lowest BCUT2D eigenvalue weighted by molar-refractivity contribution is -0.136. The molecule has 1 aliphatic rings. The van der Waals surface area contributed by atoms with Gasteiger partial charge in [-0.2, -0.15) is 5.26 Å². The highest BCUT2D eigenvalue weighted by Crippen LogP contribution is 2.16. The summed E-state index contributed by atoms with van der Waals surface area (Å²) in [7, 11) is 0. The maximum atomic E-state index is 12.3. The molecule has 1 aromatic heterocycles. The molecule has 0 aromatic carbocycles. The van der Waals surface area contributed by atoms with Crippen LogP contribution in [0.2, 0.25) is 0 Å². The van der Waals surface area contributed by atoms with E-state index in [4.69, 9.17) is 10.1 Å². The van der Waals surface area contributed by atoms with E-state index in [9.17, 15) is 14.7 Å². The lowest BCUT2D eigenvalue weighted by atomic mass is 10.0. The Labute approximate surface area is 175 Å². The van der Waals surface area contributed by atoms with Crippen LogP contribution in [0.4, 0.5) is 10.7 Å². The lowest BCUT2D eigenvalue weighted by Gasteiger charge is -2.36. The number of aromatic nitrogens is 2. The second-order valence-corrected chi connectivity index (χ2v) is 7.84. The molecule has 11 nitrogen and oxygen atoms in total. The highest BCUT2D eigenvalue weighted by atomic mass is 16.6. The zero-order chi connectivity index (χ0) is 22.3. The van der Waals surface area contributed by atoms with E-state index in [1.54, 1.807) is 32.6 Å². The van der Waals surface area contributed by atoms with Crippen LogP contribution in [-0.4, -0.2) is 87.5 Å². The van der Waals surface area contributed by atoms with Crippen molar-refractivity contribution in [3.8, 4) is 6.07 Å². The molecule has 0 saturated carbocycles. The number of oxime groups is 1. The van der Waals surface area contributed by atoms with Gasteiger partial charge in [0.2, 0.25) is 5.95 Å². The van der Waals surface area contributed by atoms with Gasteiger partial charge in [0.05, 0.1) is 30.2 Å². The molecule has 0 radical (unpaired) electrons. The van der Waals surface area contributed by atoms with Crippen molar-refractivity contribution in [2.75, 3.05) is 37.7 Å². The Hall–Kier alpha value is -3.42. The Balaban J connectivity index is 1.79. The van der Waals surface area contributed by atoms with Crippen molar-refractivity contribution in [3.63, 3.8) is 0 Å². The highest BCUT2D eigenvalue weighted by Gasteiger charge is 2.30. The van der Waals surface area contributed by atoms with Gasteiger partial charge in [0, 0.05) is 31.7 Å². The van der Waals surface area contributed by atoms with Crippen LogP contribution in [0.25, 0.3) is 0 Å². The quantitative estimate of drug-likeness (QED) is 0.538. The van der Waals surface area contributed by atoms with Crippen LogP contribution in [0.3, 0.4) is 0 Å². The van der Waals surface area contributed by atoms with Crippen LogP contribution >= 0.6 is 0 Å². The number of nitrogens with zero attached hydrogens (tertiary/aromatic N) is 7. The Morgan fingerprint density at radius 1 is 1.33 bits per heavy atom. The first-order chi connectivity index (χ1) is 14.1. The predicted molar refractivity (Wildman–Crippen MR) is 109 cm³/mol. The number of anilines is 1. The molecule has 30 heavy (non-hydrogen) atoms. The summed E-state index contributed by atoms with van der Waals surface area (Å²) in [6.07, 6.45) is 3.25. The van der Waals surface area contributed by atoms with Crippen molar-refractivity contribution in [2.45, 2.75) is 39.3 Å². The molecule has 0 spiro atoms. The van der Waals surface area contributed by atoms with Crippen molar-refractivity contribution in [1.29, 1.82) is 5.26 Å². The topological polar surface area (TPSA) is 135 Å². The minimum absolute atomic E-state index is 0.203. The van der Waals surface area contributed by atoms with Gasteiger partial charge in [-0.1, -0.05) is 5.16 Å². The first-order valence-corrected chi connectivity index (χ1v) is 9.56. The number of carboxylic acid groups (broad SMARTS) is 1. The van der Waals surface area contributed by atoms with E-state index in [1.165, 1.54) is 23.5 Å². The average molecular weight is 417 g/mol. The Morgan fingerprint density at radius 3 is 2.43 bits per heavy atom. The van der Waals surface area contributed by atoms with Crippen LogP contribution in [0, 0.1) is 11.3 Å². The molecule has 11 heteroatoms. The van der Waals surface area contributed by atoms with E-state index in [1.807, 2.05) is 11.0 Å². The number of hydrogen-bond acceptors (Lipinski definition) is 8. The van der Waals surface area contributed by atoms with Crippen LogP contribution in [0.1, 0.15) is 33.3 Å². The number of nitriles is 1. The third-order valence-electron chi connectivity index (χ3n) is 4.56. The van der Waals surface area contributed by atoms with Crippen LogP contribution < -0.4 is 4.90 Å². The van der Waals surface area contributed by atoms with Crippen LogP contribution in [0.5, 0.6) is 0 Å². The summed E-state index contributed by atoms with van der Waals surface area (Å²) >= 11 is 0. The van der Waals surface area contributed by atoms with E-state index >= 15 is 0 Å². The van der Waals surface area contributed by atoms with Gasteiger partial charge >= 0.3 is 6.09 Å². The van der Waals surface area contributed by atoms with Crippen LogP contribution in [-0.2, 0) is 9.63 Å². The second-order valence-electron chi connectivity index (χ2n) is 7.84. The van der Waals surface area contributed by atoms with Crippen molar-refractivity contribution in [1.82, 2.24) is 19.8 Å². The second kappa shape index (κ2) is 9.87. The van der Waals surface area contributed by atoms with Gasteiger partial charge < -0.3 is 19.7 Å². The number of carbonyl (C=O) groups is 2. The molecule has 2 rings (SSSR count). The van der Waals surface area contributed by atoms with Crippen LogP contribution in [0.15, 0.2) is 17.5 Å². The lowest BCUT2D eigenvalue weighted by Crippen LogP contribution is -2.50. The predicted octanol–water partition coefficient (Wildman–Crippen LogP) is 1.17. The van der Waals surface area contributed by atoms with E-state index in [0.717, 1.165) is 0 Å². The van der Waals surface area contributed by atoms with Gasteiger partial charge in [-0.15, -0.1) is 0 Å². The Kier molecular flexibility index (Phi) is 7.52. The van der Waals surface area contributed by atoms with E-state index < -0.39 is 17.7 Å². The normalized spacial score (nSPS) is 15.6. The summed E-state index contributed by atoms with van der Waals surface area (Å²) in [5.74, 6) is 0.323. The largest absolute Gasteiger partial charge is 0.465 e. The first-order valence-electron chi connectivity index (χ1n) is 9.56. The molecule has 1 N–H and O–H groups in total. The molecule has 2 amide bonds. The number of rotatable bonds is 6. The maximum Gasteiger partial charge on any atom is 0.408 e. The molecule has 0 bridgehead atoms. The third kappa shape index (κ3) is 6.04. The Morgan fingerprint density at radius 2 is 1.93 bits per heavy atom. The fourth-order valence-corrected chi connectivity index (χ4v) is 3.15. The number of hydrogen-bond donors (Lipinski definition) is 1. The number of amides is 2. The Bertz CT molecular complexity index is 806. The third-order valence-corrected chi connectivity index (χ3v) is 4.56. The summed E-state index contributed by atoms with van der Waals surface area (Å²) in [4.78, 5) is 42.0. The standard InChI is InChI=1S/C19H27N7O4/c1-14(26(18(28)29)19(2,3)4)10-23-30-13-16(27)24-5-7-25(8-6-24)17-21-11-15(9-20)12-22-17/h10-12,14H,5-8,13H2,1-4H3,(H,28,29). The summed E-state index contributed by atoms with van der Waals surface area (Å²) < 4.78 is 0. The van der Waals surface area contributed by atoms with Gasteiger partial charge in [0.1, 0.15) is 6.07 Å².